The van der Waals surface area contributed by atoms with Crippen molar-refractivity contribution in [1.82, 2.24) is 0 Å². The zero-order valence-corrected chi connectivity index (χ0v) is 9.94. The van der Waals surface area contributed by atoms with Crippen LogP contribution in [-0.2, 0) is 9.59 Å². The second-order valence-corrected chi connectivity index (χ2v) is 4.25. The number of aliphatic carboxylic acids is 1. The molecule has 0 saturated heterocycles. The molecule has 1 saturated carbocycles. The molecule has 0 heterocycles. The highest BCUT2D eigenvalue weighted by molar-refractivity contribution is 5.98. The van der Waals surface area contributed by atoms with E-state index in [0.717, 1.165) is 19.2 Å². The van der Waals surface area contributed by atoms with Gasteiger partial charge in [-0.15, -0.1) is 0 Å². The molecule has 1 aromatic carbocycles. The van der Waals surface area contributed by atoms with Gasteiger partial charge >= 0.3 is 5.97 Å². The summed E-state index contributed by atoms with van der Waals surface area (Å²) in [7, 11) is 1.13. The van der Waals surface area contributed by atoms with Crippen LogP contribution in [0.4, 0.5) is 14.5 Å². The summed E-state index contributed by atoms with van der Waals surface area (Å²) in [6.45, 7) is 0. The van der Waals surface area contributed by atoms with Crippen molar-refractivity contribution in [2.45, 2.75) is 6.42 Å². The minimum Gasteiger partial charge on any atom is -0.491 e. The van der Waals surface area contributed by atoms with Crippen molar-refractivity contribution in [3.63, 3.8) is 0 Å². The summed E-state index contributed by atoms with van der Waals surface area (Å²) in [6, 6.07) is 1.83. The molecule has 0 bridgehead atoms. The maximum Gasteiger partial charge on any atom is 0.307 e. The van der Waals surface area contributed by atoms with Gasteiger partial charge in [0.15, 0.2) is 17.4 Å². The van der Waals surface area contributed by atoms with Gasteiger partial charge in [0.25, 0.3) is 0 Å². The molecule has 1 aliphatic carbocycles. The highest BCUT2D eigenvalue weighted by Crippen LogP contribution is 2.39. The number of ether oxygens (including phenoxy) is 1. The molecular formula is C12H11F2NO4. The molecule has 102 valence electrons. The van der Waals surface area contributed by atoms with E-state index < -0.39 is 41.1 Å². The maximum absolute atomic E-state index is 13.4. The van der Waals surface area contributed by atoms with Crippen molar-refractivity contribution in [2.75, 3.05) is 12.4 Å². The third kappa shape index (κ3) is 2.64. The summed E-state index contributed by atoms with van der Waals surface area (Å²) in [4.78, 5) is 22.2. The van der Waals surface area contributed by atoms with E-state index in [9.17, 15) is 18.4 Å². The first-order valence-corrected chi connectivity index (χ1v) is 5.50. The van der Waals surface area contributed by atoms with Gasteiger partial charge in [-0.05, 0) is 6.42 Å². The Labute approximate surface area is 107 Å². The van der Waals surface area contributed by atoms with Gasteiger partial charge in [-0.2, -0.15) is 0 Å². The molecule has 1 fully saturated rings. The van der Waals surface area contributed by atoms with Crippen LogP contribution < -0.4 is 10.1 Å². The summed E-state index contributed by atoms with van der Waals surface area (Å²) < 4.78 is 31.2. The van der Waals surface area contributed by atoms with Gasteiger partial charge in [0.1, 0.15) is 0 Å². The average Bonchev–Trinajstić information content (AvgIpc) is 3.08. The van der Waals surface area contributed by atoms with Crippen LogP contribution in [0.3, 0.4) is 0 Å². The van der Waals surface area contributed by atoms with Gasteiger partial charge in [0.2, 0.25) is 5.91 Å². The largest absolute Gasteiger partial charge is 0.491 e. The van der Waals surface area contributed by atoms with Gasteiger partial charge in [-0.1, -0.05) is 0 Å². The SMILES string of the molecule is COc1c(F)cc(NC(=O)C2CC2C(=O)O)cc1F. The standard InChI is InChI=1S/C12H11F2NO4/c1-19-10-8(13)2-5(3-9(10)14)15-11(16)6-4-7(6)12(17)18/h2-3,6-7H,4H2,1H3,(H,15,16)(H,17,18). The molecule has 7 heteroatoms. The number of rotatable bonds is 4. The number of methoxy groups -OCH3 is 1. The second-order valence-electron chi connectivity index (χ2n) is 4.25. The lowest BCUT2D eigenvalue weighted by Crippen LogP contribution is -2.17. The predicted octanol–water partition coefficient (Wildman–Crippen LogP) is 1.63. The van der Waals surface area contributed by atoms with E-state index >= 15 is 0 Å². The fourth-order valence-electron chi connectivity index (χ4n) is 1.82. The third-order valence-corrected chi connectivity index (χ3v) is 2.91. The van der Waals surface area contributed by atoms with Crippen LogP contribution in [0.25, 0.3) is 0 Å². The fraction of sp³-hybridized carbons (Fsp3) is 0.333. The van der Waals surface area contributed by atoms with Gasteiger partial charge in [0, 0.05) is 17.8 Å². The van der Waals surface area contributed by atoms with E-state index in [1.54, 1.807) is 0 Å². The Morgan fingerprint density at radius 2 is 1.89 bits per heavy atom. The highest BCUT2D eigenvalue weighted by atomic mass is 19.1. The average molecular weight is 271 g/mol. The molecule has 1 amide bonds. The molecule has 2 atom stereocenters. The summed E-state index contributed by atoms with van der Waals surface area (Å²) in [5.41, 5.74) is -0.0724. The molecule has 0 radical (unpaired) electrons. The molecule has 2 N–H and O–H groups in total. The highest BCUT2D eigenvalue weighted by Gasteiger charge is 2.48. The number of hydrogen-bond donors (Lipinski definition) is 2. The third-order valence-electron chi connectivity index (χ3n) is 2.91. The van der Waals surface area contributed by atoms with Crippen molar-refractivity contribution < 1.29 is 28.2 Å². The summed E-state index contributed by atoms with van der Waals surface area (Å²) in [6.07, 6.45) is 0.238. The molecule has 2 rings (SSSR count). The topological polar surface area (TPSA) is 75.6 Å². The molecular weight excluding hydrogens is 260 g/mol. The van der Waals surface area contributed by atoms with Gasteiger partial charge in [-0.25, -0.2) is 8.78 Å². The maximum atomic E-state index is 13.4. The quantitative estimate of drug-likeness (QED) is 0.872. The van der Waals surface area contributed by atoms with E-state index in [2.05, 4.69) is 10.1 Å². The number of carboxylic acids is 1. The van der Waals surface area contributed by atoms with Crippen LogP contribution in [0.15, 0.2) is 12.1 Å². The Kier molecular flexibility index (Phi) is 3.37. The molecule has 19 heavy (non-hydrogen) atoms. The molecule has 0 spiro atoms. The number of halogens is 2. The van der Waals surface area contributed by atoms with Crippen molar-refractivity contribution >= 4 is 17.6 Å². The number of hydrogen-bond acceptors (Lipinski definition) is 3. The van der Waals surface area contributed by atoms with Crippen LogP contribution in [0.1, 0.15) is 6.42 Å². The fourth-order valence-corrected chi connectivity index (χ4v) is 1.82. The Morgan fingerprint density at radius 3 is 2.32 bits per heavy atom. The minimum atomic E-state index is -1.05. The van der Waals surface area contributed by atoms with Gasteiger partial charge in [0.05, 0.1) is 18.9 Å². The Bertz CT molecular complexity index is 524. The van der Waals surface area contributed by atoms with Crippen LogP contribution in [0, 0.1) is 23.5 Å². The Hall–Kier alpha value is -2.18. The summed E-state index contributed by atoms with van der Waals surface area (Å²) >= 11 is 0. The normalized spacial score (nSPS) is 20.8. The smallest absolute Gasteiger partial charge is 0.307 e. The van der Waals surface area contributed by atoms with Crippen molar-refractivity contribution in [1.29, 1.82) is 0 Å². The molecule has 1 aliphatic rings. The van der Waals surface area contributed by atoms with Gasteiger partial charge in [-0.3, -0.25) is 9.59 Å². The van der Waals surface area contributed by atoms with Crippen LogP contribution in [0.5, 0.6) is 5.75 Å². The molecule has 2 unspecified atom stereocenters. The number of nitrogens with one attached hydrogen (secondary N) is 1. The Balaban J connectivity index is 2.08. The van der Waals surface area contributed by atoms with E-state index in [0.29, 0.717) is 0 Å². The number of carbonyl (C=O) groups is 2. The first-order valence-electron chi connectivity index (χ1n) is 5.50. The zero-order valence-electron chi connectivity index (χ0n) is 9.94. The number of carboxylic acid groups (broad SMARTS) is 1. The zero-order chi connectivity index (χ0) is 14.2. The molecule has 0 aliphatic heterocycles. The Morgan fingerprint density at radius 1 is 1.32 bits per heavy atom. The summed E-state index contributed by atoms with van der Waals surface area (Å²) in [5.74, 6) is -5.39. The lowest BCUT2D eigenvalue weighted by molar-refractivity contribution is -0.139. The van der Waals surface area contributed by atoms with E-state index in [1.807, 2.05) is 0 Å². The number of amides is 1. The van der Waals surface area contributed by atoms with Crippen molar-refractivity contribution in [3.05, 3.63) is 23.8 Å². The van der Waals surface area contributed by atoms with Crippen LogP contribution in [0.2, 0.25) is 0 Å². The molecule has 0 aromatic heterocycles. The lowest BCUT2D eigenvalue weighted by atomic mass is 10.2. The van der Waals surface area contributed by atoms with E-state index in [4.69, 9.17) is 5.11 Å². The van der Waals surface area contributed by atoms with E-state index in [1.165, 1.54) is 0 Å². The number of benzene rings is 1. The summed E-state index contributed by atoms with van der Waals surface area (Å²) in [5, 5.41) is 11.0. The van der Waals surface area contributed by atoms with Crippen LogP contribution >= 0.6 is 0 Å². The molecule has 5 nitrogen and oxygen atoms in total. The van der Waals surface area contributed by atoms with Crippen LogP contribution in [-0.4, -0.2) is 24.1 Å². The lowest BCUT2D eigenvalue weighted by Gasteiger charge is -2.08. The minimum absolute atomic E-state index is 0.0724. The predicted molar refractivity (Wildman–Crippen MR) is 60.8 cm³/mol. The van der Waals surface area contributed by atoms with Crippen molar-refractivity contribution in [3.8, 4) is 5.75 Å². The second kappa shape index (κ2) is 4.83. The molecule has 1 aromatic rings. The first kappa shape index (κ1) is 13.3. The monoisotopic (exact) mass is 271 g/mol. The number of anilines is 1. The van der Waals surface area contributed by atoms with Crippen molar-refractivity contribution in [2.24, 2.45) is 11.8 Å². The van der Waals surface area contributed by atoms with Gasteiger partial charge < -0.3 is 15.2 Å². The van der Waals surface area contributed by atoms with E-state index in [-0.39, 0.29) is 12.1 Å². The first-order chi connectivity index (χ1) is 8.93. The number of carbonyl (C=O) groups excluding carboxylic acids is 1.